The fraction of sp³-hybridized carbons (Fsp3) is 0.333. The summed E-state index contributed by atoms with van der Waals surface area (Å²) in [6.45, 7) is 6.26. The van der Waals surface area contributed by atoms with Crippen molar-refractivity contribution in [2.45, 2.75) is 69.4 Å². The average Bonchev–Trinajstić information content (AvgIpc) is 3.17. The maximum atomic E-state index is 13.4. The summed E-state index contributed by atoms with van der Waals surface area (Å²) in [6, 6.07) is 5.86. The van der Waals surface area contributed by atoms with E-state index in [4.69, 9.17) is 17.9 Å². The Kier molecular flexibility index (Phi) is 10.2. The topological polar surface area (TPSA) is 316 Å². The SMILES string of the molecule is C#Cc1ccc(O)c2c1C[C@H]1C[C@H]3CC(=O)C(C(N)=O)=C(O)[C@@]3(O)C(=O)C1=C2O.C[Si](C)(C)C#Cc1ccc(O)c2c1C[C@H]1C[C@H]3CC(=O)C(C(N)=O)=C(O)[C@@]3(O)C(=O)C1=C2O. The van der Waals surface area contributed by atoms with Gasteiger partial charge in [0.2, 0.25) is 11.6 Å². The summed E-state index contributed by atoms with van der Waals surface area (Å²) in [5, 5.41) is 85.9. The number of aliphatic hydroxyl groups is 6. The van der Waals surface area contributed by atoms with Gasteiger partial charge in [0, 0.05) is 47.0 Å². The van der Waals surface area contributed by atoms with E-state index in [9.17, 15) is 69.6 Å². The minimum Gasteiger partial charge on any atom is -0.508 e. The van der Waals surface area contributed by atoms with Crippen LogP contribution in [-0.4, -0.2) is 95.1 Å². The van der Waals surface area contributed by atoms with E-state index in [2.05, 4.69) is 37.0 Å². The van der Waals surface area contributed by atoms with Gasteiger partial charge in [-0.1, -0.05) is 31.5 Å². The molecule has 0 spiro atoms. The normalized spacial score (nSPS) is 27.5. The Hall–Kier alpha value is -6.92. The first kappa shape index (κ1) is 43.2. The number of hydrogen-bond donors (Lipinski definition) is 10. The first-order chi connectivity index (χ1) is 28.9. The molecule has 0 aromatic heterocycles. The molecule has 0 saturated heterocycles. The lowest BCUT2D eigenvalue weighted by molar-refractivity contribution is -0.148. The third-order valence-corrected chi connectivity index (χ3v) is 13.5. The first-order valence-electron chi connectivity index (χ1n) is 19.5. The fourth-order valence-electron chi connectivity index (χ4n) is 9.75. The second-order valence-electron chi connectivity index (χ2n) is 17.4. The standard InChI is InChI=1S/C24H25NO7Si.C21H17NO7/c1-33(2,3)7-6-11-4-5-15(26)18-14(11)9-12-8-13-10-16(27)19(23(25)31)22(30)24(13,32)21(29)17(12)20(18)28;1-2-8-3-4-12(23)15-11(8)6-9-5-10-7-13(24)16(20(22)28)19(27)21(10,29)18(26)14(9)17(15)25/h4-5,12-13,26,28,30,32H,8-10H2,1-3H3,(H2,25,31);1,3-4,9-10,23,25,27,29H,5-7H2,(H2,22,28)/t12-,13+,24+;9-,10+,21+/m11/s1. The van der Waals surface area contributed by atoms with Gasteiger partial charge in [-0.05, 0) is 72.9 Å². The number of phenolic OH excluding ortho intramolecular Hbond substituents is 2. The zero-order valence-electron chi connectivity index (χ0n) is 33.6. The van der Waals surface area contributed by atoms with Crippen LogP contribution in [0.3, 0.4) is 0 Å². The van der Waals surface area contributed by atoms with E-state index < -0.39 is 112 Å². The summed E-state index contributed by atoms with van der Waals surface area (Å²) >= 11 is 0. The molecule has 62 heavy (non-hydrogen) atoms. The number of hydrogen-bond acceptors (Lipinski definition) is 14. The molecule has 2 aromatic carbocycles. The number of phenols is 2. The molecule has 0 bridgehead atoms. The molecule has 6 aliphatic carbocycles. The minimum atomic E-state index is -2.56. The number of ketones is 4. The van der Waals surface area contributed by atoms with E-state index in [1.54, 1.807) is 6.07 Å². The molecule has 2 fully saturated rings. The van der Waals surface area contributed by atoms with Gasteiger partial charge in [-0.2, -0.15) is 0 Å². The molecule has 6 atom stereocenters. The third-order valence-electron chi connectivity index (χ3n) is 12.6. The predicted molar refractivity (Wildman–Crippen MR) is 221 cm³/mol. The number of primary amides is 2. The fourth-order valence-corrected chi connectivity index (χ4v) is 10.3. The van der Waals surface area contributed by atoms with Gasteiger partial charge < -0.3 is 52.3 Å². The van der Waals surface area contributed by atoms with Crippen LogP contribution in [0.15, 0.2) is 58.1 Å². The Morgan fingerprint density at radius 1 is 0.661 bits per heavy atom. The highest BCUT2D eigenvalue weighted by molar-refractivity contribution is 6.83. The molecule has 8 rings (SSSR count). The van der Waals surface area contributed by atoms with Gasteiger partial charge in [-0.15, -0.1) is 12.0 Å². The van der Waals surface area contributed by atoms with Gasteiger partial charge >= 0.3 is 0 Å². The maximum absolute atomic E-state index is 13.4. The molecule has 0 heterocycles. The van der Waals surface area contributed by atoms with Crippen molar-refractivity contribution in [1.29, 1.82) is 0 Å². The largest absolute Gasteiger partial charge is 0.508 e. The Bertz CT molecular complexity index is 2750. The number of amides is 2. The number of carbonyl (C=O) groups excluding carboxylic acids is 6. The molecule has 320 valence electrons. The van der Waals surface area contributed by atoms with Crippen molar-refractivity contribution in [2.24, 2.45) is 35.1 Å². The van der Waals surface area contributed by atoms with E-state index >= 15 is 0 Å². The first-order valence-corrected chi connectivity index (χ1v) is 23.0. The number of Topliss-reactive ketones (excluding diaryl/α,β-unsaturated/α-hetero) is 4. The lowest BCUT2D eigenvalue weighted by Gasteiger charge is -2.46. The van der Waals surface area contributed by atoms with Crippen LogP contribution in [0.25, 0.3) is 11.5 Å². The van der Waals surface area contributed by atoms with E-state index in [0.29, 0.717) is 22.3 Å². The zero-order chi connectivity index (χ0) is 45.7. The minimum absolute atomic E-state index is 0.00687. The number of rotatable bonds is 2. The molecular weight excluding hydrogens is 821 g/mol. The maximum Gasteiger partial charge on any atom is 0.255 e. The third kappa shape index (κ3) is 6.31. The highest BCUT2D eigenvalue weighted by Gasteiger charge is 2.62. The molecular formula is C45H42N2O14Si. The van der Waals surface area contributed by atoms with Crippen LogP contribution in [0.4, 0.5) is 0 Å². The average molecular weight is 863 g/mol. The highest BCUT2D eigenvalue weighted by Crippen LogP contribution is 2.54. The van der Waals surface area contributed by atoms with Crippen molar-refractivity contribution >= 4 is 54.5 Å². The Balaban J connectivity index is 0.000000188. The summed E-state index contributed by atoms with van der Waals surface area (Å²) in [4.78, 5) is 74.6. The van der Waals surface area contributed by atoms with Crippen LogP contribution in [-0.2, 0) is 41.6 Å². The number of benzene rings is 2. The van der Waals surface area contributed by atoms with Gasteiger partial charge in [0.05, 0.1) is 11.1 Å². The van der Waals surface area contributed by atoms with E-state index in [0.717, 1.165) is 0 Å². The van der Waals surface area contributed by atoms with Crippen LogP contribution >= 0.6 is 0 Å². The van der Waals surface area contributed by atoms with Gasteiger partial charge in [0.15, 0.2) is 22.8 Å². The van der Waals surface area contributed by atoms with Gasteiger partial charge in [-0.3, -0.25) is 28.8 Å². The summed E-state index contributed by atoms with van der Waals surface area (Å²) < 4.78 is 0. The molecule has 6 aliphatic rings. The van der Waals surface area contributed by atoms with Gasteiger partial charge in [0.1, 0.15) is 53.8 Å². The molecule has 2 amide bonds. The quantitative estimate of drug-likeness (QED) is 0.117. The molecule has 16 nitrogen and oxygen atoms in total. The monoisotopic (exact) mass is 862 g/mol. The van der Waals surface area contributed by atoms with E-state index in [1.807, 2.05) is 0 Å². The summed E-state index contributed by atoms with van der Waals surface area (Å²) in [7, 11) is -1.72. The van der Waals surface area contributed by atoms with E-state index in [-0.39, 0.29) is 72.3 Å². The number of fused-ring (bicyclic) bond motifs is 6. The predicted octanol–water partition coefficient (Wildman–Crippen LogP) is 2.06. The molecule has 0 unspecified atom stereocenters. The van der Waals surface area contributed by atoms with Crippen molar-refractivity contribution in [1.82, 2.24) is 0 Å². The number of aromatic hydroxyl groups is 2. The van der Waals surface area contributed by atoms with Crippen LogP contribution in [0.2, 0.25) is 19.6 Å². The smallest absolute Gasteiger partial charge is 0.255 e. The zero-order valence-corrected chi connectivity index (χ0v) is 34.6. The van der Waals surface area contributed by atoms with Crippen molar-refractivity contribution in [3.63, 3.8) is 0 Å². The molecule has 17 heteroatoms. The second kappa shape index (κ2) is 14.6. The Morgan fingerprint density at radius 3 is 1.42 bits per heavy atom. The lowest BCUT2D eigenvalue weighted by atomic mass is 9.59. The molecule has 0 radical (unpaired) electrons. The van der Waals surface area contributed by atoms with Crippen molar-refractivity contribution < 1.29 is 69.6 Å². The van der Waals surface area contributed by atoms with E-state index in [1.165, 1.54) is 18.2 Å². The van der Waals surface area contributed by atoms with Gasteiger partial charge in [-0.25, -0.2) is 0 Å². The summed E-state index contributed by atoms with van der Waals surface area (Å²) in [6.07, 6.45) is 5.42. The Labute approximate surface area is 354 Å². The number of terminal acetylenes is 1. The molecule has 2 aromatic rings. The molecule has 12 N–H and O–H groups in total. The summed E-state index contributed by atoms with van der Waals surface area (Å²) in [5.41, 5.74) is 8.69. The molecule has 2 saturated carbocycles. The van der Waals surface area contributed by atoms with Crippen molar-refractivity contribution in [2.75, 3.05) is 0 Å². The number of aliphatic hydroxyl groups excluding tert-OH is 4. The Morgan fingerprint density at radius 2 is 1.05 bits per heavy atom. The number of nitrogens with two attached hydrogens (primary N) is 2. The van der Waals surface area contributed by atoms with Crippen LogP contribution < -0.4 is 11.5 Å². The van der Waals surface area contributed by atoms with Crippen LogP contribution in [0.1, 0.15) is 59.1 Å². The molecule has 0 aliphatic heterocycles. The van der Waals surface area contributed by atoms with Crippen molar-refractivity contribution in [3.8, 4) is 35.3 Å². The highest BCUT2D eigenvalue weighted by atomic mass is 28.3. The van der Waals surface area contributed by atoms with Crippen molar-refractivity contribution in [3.05, 3.63) is 91.5 Å². The number of carbonyl (C=O) groups is 6. The lowest BCUT2D eigenvalue weighted by Crippen LogP contribution is -2.58. The van der Waals surface area contributed by atoms with Crippen LogP contribution in [0, 0.1) is 47.5 Å². The summed E-state index contributed by atoms with van der Waals surface area (Å²) in [5.74, 6) is -7.32. The van der Waals surface area contributed by atoms with Gasteiger partial charge in [0.25, 0.3) is 11.8 Å². The van der Waals surface area contributed by atoms with Crippen LogP contribution in [0.5, 0.6) is 11.5 Å². The second-order valence-corrected chi connectivity index (χ2v) is 22.2.